The zero-order valence-corrected chi connectivity index (χ0v) is 22.6. The molecule has 3 N–H and O–H groups in total. The van der Waals surface area contributed by atoms with Gasteiger partial charge in [0.25, 0.3) is 5.91 Å². The first kappa shape index (κ1) is 30.2. The molecule has 2 aromatic rings. The summed E-state index contributed by atoms with van der Waals surface area (Å²) in [6.07, 6.45) is -4.21. The largest absolute Gasteiger partial charge is 0.486 e. The Balaban J connectivity index is 1.95. The molecule has 0 unspecified atom stereocenters. The highest BCUT2D eigenvalue weighted by Gasteiger charge is 2.35. The molecule has 0 fully saturated rings. The van der Waals surface area contributed by atoms with Gasteiger partial charge in [0.1, 0.15) is 6.10 Å². The van der Waals surface area contributed by atoms with E-state index < -0.39 is 45.8 Å². The molecule has 0 saturated carbocycles. The minimum atomic E-state index is -4.52. The van der Waals surface area contributed by atoms with E-state index in [2.05, 4.69) is 10.6 Å². The highest BCUT2D eigenvalue weighted by Crippen LogP contribution is 2.35. The smallest absolute Gasteiger partial charge is 0.416 e. The molecule has 1 aliphatic rings. The lowest BCUT2D eigenvalue weighted by atomic mass is 9.99. The van der Waals surface area contributed by atoms with Crippen LogP contribution < -0.4 is 15.4 Å². The number of anilines is 2. The number of aliphatic hydroxyl groups excluding tert-OH is 1. The number of benzene rings is 2. The zero-order valence-electron chi connectivity index (χ0n) is 21.8. The molecule has 1 heterocycles. The molecule has 1 aliphatic heterocycles. The van der Waals surface area contributed by atoms with Crippen LogP contribution in [0, 0.1) is 5.92 Å². The SMILES string of the molecule is C[C@@H]1CN([C@H](C)CO)C(=O)c2cccc(NC(=O)Nc3ccc(C(F)(F)F)cc3)c2O[C@H]1CN(C)S(C)(=O)=O. The van der Waals surface area contributed by atoms with Gasteiger partial charge in [0.2, 0.25) is 10.0 Å². The van der Waals surface area contributed by atoms with Gasteiger partial charge in [0, 0.05) is 25.2 Å². The molecule has 3 rings (SSSR count). The highest BCUT2D eigenvalue weighted by atomic mass is 32.2. The second kappa shape index (κ2) is 11.8. The fourth-order valence-electron chi connectivity index (χ4n) is 3.98. The standard InChI is InChI=1S/C25H31F3N4O6S/c1-15-12-32(16(2)14-33)23(34)19-6-5-7-20(22(19)38-21(15)13-31(3)39(4,36)37)30-24(35)29-18-10-8-17(9-11-18)25(26,27)28/h5-11,15-16,21,33H,12-14H2,1-4H3,(H2,29,30,35)/t15-,16-,21+/m1/s1. The molecule has 0 bridgehead atoms. The quantitative estimate of drug-likeness (QED) is 0.466. The summed E-state index contributed by atoms with van der Waals surface area (Å²) >= 11 is 0. The molecule has 0 spiro atoms. The Morgan fingerprint density at radius 1 is 1.21 bits per heavy atom. The van der Waals surface area contributed by atoms with Crippen LogP contribution in [0.25, 0.3) is 0 Å². The van der Waals surface area contributed by atoms with Crippen molar-refractivity contribution in [2.75, 3.05) is 43.6 Å². The molecule has 39 heavy (non-hydrogen) atoms. The number of nitrogens with one attached hydrogen (secondary N) is 2. The fourth-order valence-corrected chi connectivity index (χ4v) is 4.39. The minimum absolute atomic E-state index is 0.00124. The lowest BCUT2D eigenvalue weighted by Gasteiger charge is -2.38. The number of rotatable bonds is 7. The predicted octanol–water partition coefficient (Wildman–Crippen LogP) is 3.46. The number of urea groups is 1. The number of amides is 3. The normalized spacial score (nSPS) is 19.0. The number of sulfonamides is 1. The molecule has 14 heteroatoms. The van der Waals surface area contributed by atoms with Crippen molar-refractivity contribution in [1.82, 2.24) is 9.21 Å². The van der Waals surface area contributed by atoms with Crippen LogP contribution in [0.15, 0.2) is 42.5 Å². The van der Waals surface area contributed by atoms with Gasteiger partial charge >= 0.3 is 12.2 Å². The van der Waals surface area contributed by atoms with Crippen molar-refractivity contribution in [1.29, 1.82) is 0 Å². The van der Waals surface area contributed by atoms with Crippen molar-refractivity contribution < 1.29 is 41.0 Å². The maximum Gasteiger partial charge on any atom is 0.416 e. The van der Waals surface area contributed by atoms with Crippen molar-refractivity contribution >= 4 is 33.3 Å². The van der Waals surface area contributed by atoms with E-state index in [-0.39, 0.29) is 48.3 Å². The summed E-state index contributed by atoms with van der Waals surface area (Å²) in [5.41, 5.74) is -0.601. The van der Waals surface area contributed by atoms with Crippen LogP contribution in [0.1, 0.15) is 29.8 Å². The number of hydrogen-bond acceptors (Lipinski definition) is 6. The van der Waals surface area contributed by atoms with Gasteiger partial charge in [0.05, 0.1) is 42.3 Å². The Labute approximate surface area is 224 Å². The molecule has 3 amide bonds. The Bertz CT molecular complexity index is 1300. The van der Waals surface area contributed by atoms with Crippen molar-refractivity contribution in [3.8, 4) is 5.75 Å². The number of alkyl halides is 3. The lowest BCUT2D eigenvalue weighted by molar-refractivity contribution is -0.137. The molecule has 2 aromatic carbocycles. The van der Waals surface area contributed by atoms with Crippen molar-refractivity contribution in [2.45, 2.75) is 32.2 Å². The lowest BCUT2D eigenvalue weighted by Crippen LogP contribution is -2.50. The summed E-state index contributed by atoms with van der Waals surface area (Å²) in [6.45, 7) is 3.26. The van der Waals surface area contributed by atoms with Crippen LogP contribution in [0.5, 0.6) is 5.75 Å². The number of ether oxygens (including phenoxy) is 1. The van der Waals surface area contributed by atoms with E-state index in [1.54, 1.807) is 13.8 Å². The second-order valence-corrected chi connectivity index (χ2v) is 11.6. The molecule has 0 saturated heterocycles. The predicted molar refractivity (Wildman–Crippen MR) is 139 cm³/mol. The molecule has 0 aromatic heterocycles. The average Bonchev–Trinajstić information content (AvgIpc) is 2.85. The van der Waals surface area contributed by atoms with Crippen LogP contribution in [-0.2, 0) is 16.2 Å². The monoisotopic (exact) mass is 572 g/mol. The second-order valence-electron chi connectivity index (χ2n) is 9.50. The van der Waals surface area contributed by atoms with Crippen LogP contribution >= 0.6 is 0 Å². The van der Waals surface area contributed by atoms with Gasteiger partial charge in [0.15, 0.2) is 5.75 Å². The Morgan fingerprint density at radius 3 is 2.41 bits per heavy atom. The Kier molecular flexibility index (Phi) is 9.13. The summed E-state index contributed by atoms with van der Waals surface area (Å²) < 4.78 is 70.0. The van der Waals surface area contributed by atoms with Gasteiger partial charge < -0.3 is 25.4 Å². The molecule has 0 radical (unpaired) electrons. The van der Waals surface area contributed by atoms with E-state index >= 15 is 0 Å². The average molecular weight is 573 g/mol. The van der Waals surface area contributed by atoms with Crippen LogP contribution in [-0.4, -0.2) is 79.8 Å². The maximum absolute atomic E-state index is 13.5. The number of para-hydroxylation sites is 1. The van der Waals surface area contributed by atoms with E-state index in [9.17, 15) is 36.3 Å². The van der Waals surface area contributed by atoms with Gasteiger partial charge in [-0.25, -0.2) is 17.5 Å². The summed E-state index contributed by atoms with van der Waals surface area (Å²) in [4.78, 5) is 27.7. The number of fused-ring (bicyclic) bond motifs is 1. The third kappa shape index (κ3) is 7.40. The molecule has 10 nitrogen and oxygen atoms in total. The van der Waals surface area contributed by atoms with Gasteiger partial charge in [-0.3, -0.25) is 4.79 Å². The van der Waals surface area contributed by atoms with Crippen molar-refractivity contribution in [3.05, 3.63) is 53.6 Å². The first-order valence-corrected chi connectivity index (χ1v) is 13.8. The van der Waals surface area contributed by atoms with Crippen molar-refractivity contribution in [3.63, 3.8) is 0 Å². The van der Waals surface area contributed by atoms with Gasteiger partial charge in [-0.05, 0) is 43.3 Å². The number of carbonyl (C=O) groups is 2. The number of hydrogen-bond donors (Lipinski definition) is 3. The van der Waals surface area contributed by atoms with Gasteiger partial charge in [-0.1, -0.05) is 13.0 Å². The molecule has 0 aliphatic carbocycles. The summed E-state index contributed by atoms with van der Waals surface area (Å²) in [5.74, 6) is -0.840. The third-order valence-corrected chi connectivity index (χ3v) is 7.69. The molecule has 214 valence electrons. The van der Waals surface area contributed by atoms with Gasteiger partial charge in [-0.2, -0.15) is 13.2 Å². The maximum atomic E-state index is 13.5. The molecular formula is C25H31F3N4O6S. The summed E-state index contributed by atoms with van der Waals surface area (Å²) in [5, 5.41) is 14.7. The summed E-state index contributed by atoms with van der Waals surface area (Å²) in [6, 6.07) is 6.98. The van der Waals surface area contributed by atoms with Crippen molar-refractivity contribution in [2.24, 2.45) is 5.92 Å². The minimum Gasteiger partial charge on any atom is -0.486 e. The van der Waals surface area contributed by atoms with E-state index in [0.717, 1.165) is 34.8 Å². The summed E-state index contributed by atoms with van der Waals surface area (Å²) in [7, 11) is -2.17. The number of likely N-dealkylation sites (N-methyl/N-ethyl adjacent to an activating group) is 1. The van der Waals surface area contributed by atoms with E-state index in [1.165, 1.54) is 30.1 Å². The zero-order chi connectivity index (χ0) is 29.1. The molecular weight excluding hydrogens is 541 g/mol. The number of nitrogens with zero attached hydrogens (tertiary/aromatic N) is 2. The van der Waals surface area contributed by atoms with E-state index in [4.69, 9.17) is 4.74 Å². The van der Waals surface area contributed by atoms with Crippen LogP contribution in [0.2, 0.25) is 0 Å². The first-order valence-electron chi connectivity index (χ1n) is 12.0. The highest BCUT2D eigenvalue weighted by molar-refractivity contribution is 7.88. The van der Waals surface area contributed by atoms with Gasteiger partial charge in [-0.15, -0.1) is 0 Å². The number of carbonyl (C=O) groups excluding carboxylic acids is 2. The Hall–Kier alpha value is -3.36. The van der Waals surface area contributed by atoms with Crippen LogP contribution in [0.4, 0.5) is 29.3 Å². The molecule has 3 atom stereocenters. The van der Waals surface area contributed by atoms with Crippen LogP contribution in [0.3, 0.4) is 0 Å². The topological polar surface area (TPSA) is 128 Å². The first-order chi connectivity index (χ1) is 18.1. The number of aliphatic hydroxyl groups is 1. The van der Waals surface area contributed by atoms with E-state index in [1.807, 2.05) is 0 Å². The van der Waals surface area contributed by atoms with E-state index in [0.29, 0.717) is 0 Å². The third-order valence-electron chi connectivity index (χ3n) is 6.41. The number of halogens is 3. The fraction of sp³-hybridized carbons (Fsp3) is 0.440. The Morgan fingerprint density at radius 2 is 1.85 bits per heavy atom.